The van der Waals surface area contributed by atoms with Crippen LogP contribution in [0.1, 0.15) is 0 Å². The molecule has 0 bridgehead atoms. The minimum atomic E-state index is -3.54. The van der Waals surface area contributed by atoms with Crippen LogP contribution in [0.5, 0.6) is 0 Å². The lowest BCUT2D eigenvalue weighted by Gasteiger charge is -1.96. The molecule has 50 valence electrons. The Balaban J connectivity index is 2.86. The highest BCUT2D eigenvalue weighted by atomic mass is 32.2. The summed E-state index contributed by atoms with van der Waals surface area (Å²) in [5.41, 5.74) is 0. The summed E-state index contributed by atoms with van der Waals surface area (Å²) in [6.45, 7) is 0. The molecule has 0 aromatic heterocycles. The molecule has 0 amide bonds. The maximum absolute atomic E-state index is 10.4. The fraction of sp³-hybridized carbons (Fsp3) is 0. The van der Waals surface area contributed by atoms with Gasteiger partial charge in [-0.1, -0.05) is 0 Å². The van der Waals surface area contributed by atoms with Gasteiger partial charge in [-0.15, -0.1) is 0 Å². The van der Waals surface area contributed by atoms with Crippen LogP contribution in [0.15, 0.2) is 24.6 Å². The molecule has 1 aliphatic rings. The summed E-state index contributed by atoms with van der Waals surface area (Å²) in [6.07, 6.45) is 5.35. The summed E-state index contributed by atoms with van der Waals surface area (Å²) in [4.78, 5) is 0. The van der Waals surface area contributed by atoms with Crippen molar-refractivity contribution in [2.75, 3.05) is 0 Å². The van der Waals surface area contributed by atoms with Crippen molar-refractivity contribution in [1.82, 2.24) is 4.72 Å². The maximum atomic E-state index is 10.4. The third kappa shape index (κ3) is 1.77. The van der Waals surface area contributed by atoms with Crippen LogP contribution in [0.2, 0.25) is 0 Å². The molecule has 0 aromatic rings. The minimum absolute atomic E-state index is 1.09. The van der Waals surface area contributed by atoms with Gasteiger partial charge in [-0.2, -0.15) is 8.42 Å². The van der Waals surface area contributed by atoms with E-state index in [0.29, 0.717) is 0 Å². The summed E-state index contributed by atoms with van der Waals surface area (Å²) >= 11 is 0. The summed E-state index contributed by atoms with van der Waals surface area (Å²) in [5.74, 6) is 0. The van der Waals surface area contributed by atoms with E-state index in [9.17, 15) is 8.42 Å². The van der Waals surface area contributed by atoms with Gasteiger partial charge in [0.2, 0.25) is 0 Å². The van der Waals surface area contributed by atoms with Crippen LogP contribution in [0, 0.1) is 0 Å². The van der Waals surface area contributed by atoms with E-state index in [-0.39, 0.29) is 0 Å². The van der Waals surface area contributed by atoms with Gasteiger partial charge in [0.1, 0.15) is 6.26 Å². The molecular formula is C4H5NO3S. The highest BCUT2D eigenvalue weighted by Gasteiger charge is 2.04. The molecule has 0 unspecified atom stereocenters. The lowest BCUT2D eigenvalue weighted by molar-refractivity contribution is 0.439. The highest BCUT2D eigenvalue weighted by molar-refractivity contribution is 7.84. The zero-order valence-electron chi connectivity index (χ0n) is 4.44. The molecule has 0 spiro atoms. The molecule has 5 heteroatoms. The van der Waals surface area contributed by atoms with Crippen molar-refractivity contribution in [2.45, 2.75) is 0 Å². The third-order valence-corrected chi connectivity index (χ3v) is 1.47. The number of allylic oxidation sites excluding steroid dienone is 2. The molecule has 1 N–H and O–H groups in total. The monoisotopic (exact) mass is 147 g/mol. The Morgan fingerprint density at radius 2 is 2.11 bits per heavy atom. The fourth-order valence-electron chi connectivity index (χ4n) is 0.357. The quantitative estimate of drug-likeness (QED) is 0.519. The van der Waals surface area contributed by atoms with E-state index in [2.05, 4.69) is 4.18 Å². The van der Waals surface area contributed by atoms with E-state index >= 15 is 0 Å². The van der Waals surface area contributed by atoms with Crippen molar-refractivity contribution < 1.29 is 12.6 Å². The molecule has 0 aromatic carbocycles. The van der Waals surface area contributed by atoms with Crippen molar-refractivity contribution in [3.63, 3.8) is 0 Å². The number of hydrogen-bond acceptors (Lipinski definition) is 3. The molecular weight excluding hydrogens is 142 g/mol. The van der Waals surface area contributed by atoms with Gasteiger partial charge in [-0.05, 0) is 12.2 Å². The van der Waals surface area contributed by atoms with Gasteiger partial charge in [-0.25, -0.2) is 0 Å². The molecule has 0 fully saturated rings. The Hall–Kier alpha value is -0.970. The van der Waals surface area contributed by atoms with Crippen molar-refractivity contribution in [1.29, 1.82) is 0 Å². The van der Waals surface area contributed by atoms with Crippen LogP contribution in [0.4, 0.5) is 0 Å². The van der Waals surface area contributed by atoms with Gasteiger partial charge < -0.3 is 4.18 Å². The van der Waals surface area contributed by atoms with Crippen molar-refractivity contribution in [2.24, 2.45) is 0 Å². The summed E-state index contributed by atoms with van der Waals surface area (Å²) in [6, 6.07) is 0. The smallest absolute Gasteiger partial charge is 0.375 e. The molecule has 0 radical (unpaired) electrons. The van der Waals surface area contributed by atoms with Gasteiger partial charge in [0, 0.05) is 6.20 Å². The van der Waals surface area contributed by atoms with Crippen LogP contribution in [0.25, 0.3) is 0 Å². The molecule has 0 atom stereocenters. The van der Waals surface area contributed by atoms with E-state index in [1.165, 1.54) is 18.4 Å². The van der Waals surface area contributed by atoms with Crippen LogP contribution in [-0.2, 0) is 14.5 Å². The largest absolute Gasteiger partial charge is 0.406 e. The Morgan fingerprint density at radius 3 is 2.89 bits per heavy atom. The normalized spacial score (nSPS) is 21.8. The van der Waals surface area contributed by atoms with E-state index in [1.54, 1.807) is 0 Å². The van der Waals surface area contributed by atoms with Crippen LogP contribution in [-0.4, -0.2) is 8.42 Å². The first-order chi connectivity index (χ1) is 4.21. The second-order valence-corrected chi connectivity index (χ2v) is 2.69. The minimum Gasteiger partial charge on any atom is -0.375 e. The Kier molecular flexibility index (Phi) is 1.44. The first kappa shape index (κ1) is 6.15. The third-order valence-electron chi connectivity index (χ3n) is 0.681. The number of nitrogens with one attached hydrogen (secondary N) is 1. The molecule has 0 saturated heterocycles. The lowest BCUT2D eigenvalue weighted by Crippen LogP contribution is -2.17. The summed E-state index contributed by atoms with van der Waals surface area (Å²) in [7, 11) is -3.54. The lowest BCUT2D eigenvalue weighted by atomic mass is 10.6. The zero-order valence-corrected chi connectivity index (χ0v) is 5.26. The van der Waals surface area contributed by atoms with Gasteiger partial charge >= 0.3 is 10.3 Å². The predicted molar refractivity (Wildman–Crippen MR) is 31.4 cm³/mol. The molecule has 9 heavy (non-hydrogen) atoms. The van der Waals surface area contributed by atoms with Crippen LogP contribution >= 0.6 is 0 Å². The number of rotatable bonds is 0. The second-order valence-electron chi connectivity index (χ2n) is 1.36. The molecule has 4 nitrogen and oxygen atoms in total. The Morgan fingerprint density at radius 1 is 1.33 bits per heavy atom. The molecule has 0 aliphatic carbocycles. The van der Waals surface area contributed by atoms with E-state index in [0.717, 1.165) is 6.26 Å². The zero-order chi connectivity index (χ0) is 6.74. The second kappa shape index (κ2) is 2.10. The maximum Gasteiger partial charge on any atom is 0.406 e. The predicted octanol–water partition coefficient (Wildman–Crippen LogP) is -0.122. The first-order valence-corrected chi connectivity index (χ1v) is 3.64. The van der Waals surface area contributed by atoms with E-state index in [1.807, 2.05) is 4.72 Å². The van der Waals surface area contributed by atoms with Crippen molar-refractivity contribution in [3.8, 4) is 0 Å². The number of hydrogen-bond donors (Lipinski definition) is 1. The molecule has 1 heterocycles. The van der Waals surface area contributed by atoms with Crippen molar-refractivity contribution >= 4 is 10.3 Å². The summed E-state index contributed by atoms with van der Waals surface area (Å²) in [5, 5.41) is 0. The highest BCUT2D eigenvalue weighted by Crippen LogP contribution is 1.93. The first-order valence-electron chi connectivity index (χ1n) is 2.23. The average Bonchev–Trinajstić information content (AvgIpc) is 1.92. The van der Waals surface area contributed by atoms with Crippen molar-refractivity contribution in [3.05, 3.63) is 24.6 Å². The van der Waals surface area contributed by atoms with E-state index < -0.39 is 10.3 Å². The van der Waals surface area contributed by atoms with Gasteiger partial charge in [0.15, 0.2) is 0 Å². The fourth-order valence-corrected chi connectivity index (χ4v) is 0.868. The standard InChI is InChI=1S/C4H5NO3S/c6-9(7)5-3-1-2-4-8-9/h1-5H. The van der Waals surface area contributed by atoms with Crippen LogP contribution < -0.4 is 4.72 Å². The Bertz CT molecular complexity index is 219. The van der Waals surface area contributed by atoms with Gasteiger partial charge in [-0.3, -0.25) is 4.72 Å². The molecule has 0 saturated carbocycles. The van der Waals surface area contributed by atoms with E-state index in [4.69, 9.17) is 0 Å². The van der Waals surface area contributed by atoms with Crippen LogP contribution in [0.3, 0.4) is 0 Å². The Labute approximate surface area is 53.1 Å². The average molecular weight is 147 g/mol. The molecule has 1 rings (SSSR count). The molecule has 1 aliphatic heterocycles. The topological polar surface area (TPSA) is 55.4 Å². The van der Waals surface area contributed by atoms with Gasteiger partial charge in [0.25, 0.3) is 0 Å². The SMILES string of the molecule is O=S1(=O)NC=CC=CO1. The van der Waals surface area contributed by atoms with Gasteiger partial charge in [0.05, 0.1) is 0 Å². The summed E-state index contributed by atoms with van der Waals surface area (Å²) < 4.78 is 27.1.